The first-order valence-electron chi connectivity index (χ1n) is 6.61. The third-order valence-electron chi connectivity index (χ3n) is 2.46. The van der Waals surface area contributed by atoms with Crippen molar-refractivity contribution in [2.45, 2.75) is 26.3 Å². The van der Waals surface area contributed by atoms with Gasteiger partial charge in [-0.1, -0.05) is 0 Å². The van der Waals surface area contributed by atoms with Crippen molar-refractivity contribution in [3.8, 4) is 11.5 Å². The minimum Gasteiger partial charge on any atom is -0.497 e. The molecule has 0 saturated carbocycles. The number of methoxy groups -OCH3 is 1. The molecule has 0 spiro atoms. The Kier molecular flexibility index (Phi) is 6.67. The average molecular weight is 267 g/mol. The minimum absolute atomic E-state index is 0.142. The van der Waals surface area contributed by atoms with Crippen LogP contribution in [-0.4, -0.2) is 39.0 Å². The van der Waals surface area contributed by atoms with E-state index in [1.807, 2.05) is 24.3 Å². The molecule has 4 nitrogen and oxygen atoms in total. The Balaban J connectivity index is 2.04. The van der Waals surface area contributed by atoms with Crippen LogP contribution in [0, 0.1) is 0 Å². The fourth-order valence-electron chi connectivity index (χ4n) is 1.49. The van der Waals surface area contributed by atoms with Crippen LogP contribution in [0.2, 0.25) is 0 Å². The number of ether oxygens (including phenoxy) is 3. The Hall–Kier alpha value is -1.26. The Morgan fingerprint density at radius 2 is 1.58 bits per heavy atom. The summed E-state index contributed by atoms with van der Waals surface area (Å²) < 4.78 is 16.1. The standard InChI is InChI=1S/C15H25NO3/c1-15(2,3)16-9-10-18-11-12-19-14-7-5-13(17-4)6-8-14/h5-8,16H,9-12H2,1-4H3. The molecule has 0 bridgehead atoms. The average Bonchev–Trinajstić information content (AvgIpc) is 2.37. The van der Waals surface area contributed by atoms with Gasteiger partial charge >= 0.3 is 0 Å². The third-order valence-corrected chi connectivity index (χ3v) is 2.46. The first kappa shape index (κ1) is 15.8. The molecule has 0 aromatic heterocycles. The van der Waals surface area contributed by atoms with Crippen LogP contribution in [0.1, 0.15) is 20.8 Å². The van der Waals surface area contributed by atoms with Gasteiger partial charge < -0.3 is 19.5 Å². The second kappa shape index (κ2) is 8.02. The van der Waals surface area contributed by atoms with Gasteiger partial charge in [-0.2, -0.15) is 0 Å². The van der Waals surface area contributed by atoms with Gasteiger partial charge in [0.25, 0.3) is 0 Å². The number of hydrogen-bond donors (Lipinski definition) is 1. The lowest BCUT2D eigenvalue weighted by Crippen LogP contribution is -2.38. The van der Waals surface area contributed by atoms with E-state index in [1.165, 1.54) is 0 Å². The van der Waals surface area contributed by atoms with Crippen molar-refractivity contribution < 1.29 is 14.2 Å². The fourth-order valence-corrected chi connectivity index (χ4v) is 1.49. The van der Waals surface area contributed by atoms with E-state index in [-0.39, 0.29) is 5.54 Å². The second-order valence-electron chi connectivity index (χ2n) is 5.31. The highest BCUT2D eigenvalue weighted by molar-refractivity contribution is 5.31. The highest BCUT2D eigenvalue weighted by atomic mass is 16.5. The largest absolute Gasteiger partial charge is 0.497 e. The summed E-state index contributed by atoms with van der Waals surface area (Å²) in [6.07, 6.45) is 0. The highest BCUT2D eigenvalue weighted by Crippen LogP contribution is 2.16. The molecular weight excluding hydrogens is 242 g/mol. The van der Waals surface area contributed by atoms with Crippen LogP contribution in [0.4, 0.5) is 0 Å². The quantitative estimate of drug-likeness (QED) is 0.735. The first-order valence-corrected chi connectivity index (χ1v) is 6.61. The van der Waals surface area contributed by atoms with Crippen LogP contribution in [0.3, 0.4) is 0 Å². The fraction of sp³-hybridized carbons (Fsp3) is 0.600. The van der Waals surface area contributed by atoms with Crippen molar-refractivity contribution in [2.24, 2.45) is 0 Å². The molecule has 0 aliphatic heterocycles. The van der Waals surface area contributed by atoms with Crippen LogP contribution in [-0.2, 0) is 4.74 Å². The van der Waals surface area contributed by atoms with Crippen molar-refractivity contribution in [1.82, 2.24) is 5.32 Å². The van der Waals surface area contributed by atoms with Crippen molar-refractivity contribution in [1.29, 1.82) is 0 Å². The molecule has 108 valence electrons. The zero-order valence-corrected chi connectivity index (χ0v) is 12.4. The van der Waals surface area contributed by atoms with Gasteiger partial charge in [0.2, 0.25) is 0 Å². The maximum absolute atomic E-state index is 5.55. The molecular formula is C15H25NO3. The van der Waals surface area contributed by atoms with Gasteiger partial charge in [-0.15, -0.1) is 0 Å². The number of hydrogen-bond acceptors (Lipinski definition) is 4. The maximum Gasteiger partial charge on any atom is 0.119 e. The molecule has 0 saturated heterocycles. The third kappa shape index (κ3) is 7.70. The number of nitrogens with one attached hydrogen (secondary N) is 1. The smallest absolute Gasteiger partial charge is 0.119 e. The van der Waals surface area contributed by atoms with Gasteiger partial charge in [0, 0.05) is 12.1 Å². The van der Waals surface area contributed by atoms with E-state index < -0.39 is 0 Å². The summed E-state index contributed by atoms with van der Waals surface area (Å²) in [5.74, 6) is 1.66. The van der Waals surface area contributed by atoms with Crippen molar-refractivity contribution >= 4 is 0 Å². The van der Waals surface area contributed by atoms with Gasteiger partial charge in [0.15, 0.2) is 0 Å². The first-order chi connectivity index (χ1) is 9.01. The van der Waals surface area contributed by atoms with Crippen LogP contribution in [0.15, 0.2) is 24.3 Å². The summed E-state index contributed by atoms with van der Waals surface area (Å²) in [7, 11) is 1.65. The molecule has 0 fully saturated rings. The molecule has 0 heterocycles. The lowest BCUT2D eigenvalue weighted by Gasteiger charge is -2.20. The van der Waals surface area contributed by atoms with Gasteiger partial charge in [0.1, 0.15) is 18.1 Å². The summed E-state index contributed by atoms with van der Waals surface area (Å²) in [6, 6.07) is 7.53. The van der Waals surface area contributed by atoms with E-state index >= 15 is 0 Å². The summed E-state index contributed by atoms with van der Waals surface area (Å²) >= 11 is 0. The molecule has 0 aliphatic rings. The zero-order valence-electron chi connectivity index (χ0n) is 12.4. The highest BCUT2D eigenvalue weighted by Gasteiger charge is 2.06. The van der Waals surface area contributed by atoms with Gasteiger partial charge in [-0.05, 0) is 45.0 Å². The molecule has 19 heavy (non-hydrogen) atoms. The van der Waals surface area contributed by atoms with Gasteiger partial charge in [-0.3, -0.25) is 0 Å². The lowest BCUT2D eigenvalue weighted by atomic mass is 10.1. The monoisotopic (exact) mass is 267 g/mol. The lowest BCUT2D eigenvalue weighted by molar-refractivity contribution is 0.0985. The molecule has 4 heteroatoms. The molecule has 0 radical (unpaired) electrons. The second-order valence-corrected chi connectivity index (χ2v) is 5.31. The Morgan fingerprint density at radius 1 is 0.947 bits per heavy atom. The molecule has 0 atom stereocenters. The Labute approximate surface area is 116 Å². The topological polar surface area (TPSA) is 39.7 Å². The van der Waals surface area contributed by atoms with E-state index in [2.05, 4.69) is 26.1 Å². The molecule has 1 rings (SSSR count). The Morgan fingerprint density at radius 3 is 2.16 bits per heavy atom. The zero-order chi connectivity index (χ0) is 14.1. The maximum atomic E-state index is 5.55. The van der Waals surface area contributed by atoms with Crippen molar-refractivity contribution in [3.05, 3.63) is 24.3 Å². The van der Waals surface area contributed by atoms with Gasteiger partial charge in [-0.25, -0.2) is 0 Å². The molecule has 0 aliphatic carbocycles. The predicted molar refractivity (Wildman–Crippen MR) is 77.1 cm³/mol. The molecule has 1 aromatic rings. The van der Waals surface area contributed by atoms with Crippen LogP contribution in [0.25, 0.3) is 0 Å². The summed E-state index contributed by atoms with van der Waals surface area (Å²) in [4.78, 5) is 0. The van der Waals surface area contributed by atoms with Gasteiger partial charge in [0.05, 0.1) is 20.3 Å². The van der Waals surface area contributed by atoms with Crippen LogP contribution < -0.4 is 14.8 Å². The molecule has 1 aromatic carbocycles. The number of rotatable bonds is 8. The van der Waals surface area contributed by atoms with Crippen molar-refractivity contribution in [2.75, 3.05) is 33.5 Å². The van der Waals surface area contributed by atoms with E-state index in [9.17, 15) is 0 Å². The Bertz CT molecular complexity index is 343. The van der Waals surface area contributed by atoms with E-state index in [0.717, 1.165) is 18.0 Å². The van der Waals surface area contributed by atoms with Crippen LogP contribution in [0.5, 0.6) is 11.5 Å². The van der Waals surface area contributed by atoms with E-state index in [1.54, 1.807) is 7.11 Å². The summed E-state index contributed by atoms with van der Waals surface area (Å²) in [6.45, 7) is 9.12. The SMILES string of the molecule is COc1ccc(OCCOCCNC(C)(C)C)cc1. The summed E-state index contributed by atoms with van der Waals surface area (Å²) in [5.41, 5.74) is 0.142. The predicted octanol–water partition coefficient (Wildman–Crippen LogP) is 2.48. The normalized spacial score (nSPS) is 11.4. The number of benzene rings is 1. The van der Waals surface area contributed by atoms with Crippen LogP contribution >= 0.6 is 0 Å². The minimum atomic E-state index is 0.142. The van der Waals surface area contributed by atoms with E-state index in [4.69, 9.17) is 14.2 Å². The molecule has 0 unspecified atom stereocenters. The van der Waals surface area contributed by atoms with E-state index in [0.29, 0.717) is 19.8 Å². The molecule has 0 amide bonds. The summed E-state index contributed by atoms with van der Waals surface area (Å²) in [5, 5.41) is 3.36. The van der Waals surface area contributed by atoms with Crippen molar-refractivity contribution in [3.63, 3.8) is 0 Å². The molecule has 1 N–H and O–H groups in total.